The highest BCUT2D eigenvalue weighted by atomic mass is 32.1. The Morgan fingerprint density at radius 1 is 0.293 bits per heavy atom. The molecule has 0 bridgehead atoms. The van der Waals surface area contributed by atoms with Gasteiger partial charge in [-0.2, -0.15) is 21.0 Å². The largest absolute Gasteiger partial charge is 0.297 e. The quantitative estimate of drug-likeness (QED) is 0.0348. The SMILES string of the molecule is CCCCCCCCc1cc(/C=c2\sc(=C(C#N)C#N)n(CCCCCCCC)c2=O)sc1-c1ccc(-c2sc(-c3cc4c(-c5ccc(CC(CC)CCCC)s5)c5sc(-c6cc(CCCCCCCC)c(-c7ccc(-c8sc(/C=c9\sc(=C(C#N)C#N)n(CCCCCCCC)c9=O)cc8CCCCCCCC)s7)s6)cc5c(-c5ccc(CC(CC)CCCC)s5)c4s3)cc2CCCCCCCC)s1. The molecule has 140 heavy (non-hydrogen) atoms. The van der Waals surface area contributed by atoms with Crippen molar-refractivity contribution in [2.24, 2.45) is 11.8 Å². The van der Waals surface area contributed by atoms with Crippen molar-refractivity contribution in [2.75, 3.05) is 0 Å². The van der Waals surface area contributed by atoms with E-state index in [2.05, 4.69) is 213 Å². The molecule has 2 atom stereocenters. The molecule has 13 aromatic rings. The molecule has 0 saturated heterocycles. The summed E-state index contributed by atoms with van der Waals surface area (Å²) in [4.78, 5) is 52.9. The first-order valence-corrected chi connectivity index (χ1v) is 63.9. The van der Waals surface area contributed by atoms with Crippen LogP contribution in [0.5, 0.6) is 0 Å². The maximum Gasteiger partial charge on any atom is 0.269 e. The highest BCUT2D eigenvalue weighted by Crippen LogP contribution is 2.58. The van der Waals surface area contributed by atoms with Crippen LogP contribution in [0.25, 0.3) is 123 Å². The monoisotopic (exact) mass is 2090 g/mol. The number of unbranched alkanes of at least 4 members (excludes halogenated alkanes) is 32. The number of thiophene rings is 10. The Morgan fingerprint density at radius 2 is 0.579 bits per heavy atom. The number of aromatic nitrogens is 2. The molecule has 0 N–H and O–H groups in total. The highest BCUT2D eigenvalue weighted by Gasteiger charge is 2.30. The Labute approximate surface area is 885 Å². The first-order chi connectivity index (χ1) is 68.7. The van der Waals surface area contributed by atoms with Crippen molar-refractivity contribution < 1.29 is 0 Å². The van der Waals surface area contributed by atoms with Crippen LogP contribution in [0.1, 0.15) is 394 Å². The van der Waals surface area contributed by atoms with Crippen LogP contribution in [-0.4, -0.2) is 9.13 Å². The molecular weight excluding hydrogens is 1940 g/mol. The van der Waals surface area contributed by atoms with Crippen molar-refractivity contribution in [3.63, 3.8) is 0 Å². The Morgan fingerprint density at radius 3 is 0.893 bits per heavy atom. The van der Waals surface area contributed by atoms with Gasteiger partial charge < -0.3 is 0 Å². The summed E-state index contributed by atoms with van der Waals surface area (Å²) in [5.74, 6) is 1.29. The molecule has 0 saturated carbocycles. The first-order valence-electron chi connectivity index (χ1n) is 54.1. The lowest BCUT2D eigenvalue weighted by atomic mass is 9.95. The van der Waals surface area contributed by atoms with Crippen LogP contribution >= 0.6 is 136 Å². The lowest BCUT2D eigenvalue weighted by Gasteiger charge is -2.13. The van der Waals surface area contributed by atoms with Crippen LogP contribution < -0.4 is 29.5 Å². The summed E-state index contributed by atoms with van der Waals surface area (Å²) < 4.78 is 8.31. The Hall–Kier alpha value is -6.96. The molecule has 0 fully saturated rings. The van der Waals surface area contributed by atoms with Crippen molar-refractivity contribution in [3.05, 3.63) is 166 Å². The molecule has 746 valence electrons. The van der Waals surface area contributed by atoms with Crippen molar-refractivity contribution in [1.29, 1.82) is 21.0 Å². The van der Waals surface area contributed by atoms with E-state index in [-0.39, 0.29) is 22.3 Å². The summed E-state index contributed by atoms with van der Waals surface area (Å²) in [7, 11) is 0. The molecule has 0 spiro atoms. The molecule has 0 aliphatic carbocycles. The molecule has 0 aliphatic heterocycles. The zero-order chi connectivity index (χ0) is 98.5. The maximum absolute atomic E-state index is 14.6. The Bertz CT molecular complexity index is 6190. The van der Waals surface area contributed by atoms with Gasteiger partial charge in [-0.25, -0.2) is 0 Å². The fourth-order valence-electron chi connectivity index (χ4n) is 19.9. The molecule has 20 heteroatoms. The van der Waals surface area contributed by atoms with Gasteiger partial charge in [0.25, 0.3) is 11.1 Å². The van der Waals surface area contributed by atoms with Crippen LogP contribution in [0.2, 0.25) is 0 Å². The van der Waals surface area contributed by atoms with E-state index in [0.717, 1.165) is 112 Å². The fraction of sp³-hybridized carbons (Fsp3) is 0.533. The summed E-state index contributed by atoms with van der Waals surface area (Å²) in [5, 5.41) is 43.7. The Kier molecular flexibility index (Phi) is 46.0. The third-order valence-electron chi connectivity index (χ3n) is 28.1. The molecule has 1 aromatic carbocycles. The number of benzene rings is 1. The maximum atomic E-state index is 14.6. The second-order valence-corrected chi connectivity index (χ2v) is 52.0. The first kappa shape index (κ1) is 110. The predicted molar refractivity (Wildman–Crippen MR) is 625 cm³/mol. The number of aryl methyl sites for hydroxylation is 4. The minimum absolute atomic E-state index is 0.00571. The van der Waals surface area contributed by atoms with Crippen LogP contribution in [-0.2, 0) is 51.6 Å². The standard InChI is InChI=1S/C120H152N6O2S12/c1-11-21-29-35-41-47-55-85-71-93(75-107-117(127)125(67-51-45-39-33-25-15-5)119(139-107)89(79-121)80-122)131-111(85)99-63-65-101(133-99)113-87(57-49-43-37-31-23-13-3)73-103(135-113)105-77-95-109(97-61-59-91(129-97)69-83(19-9)53-27-17-7)116-96(110(115(95)137-105)98-62-60-92(130-98)70-84(20-10)54-28-18-8)78-106(138-116)104-74-88(58-50-44-38-32-24-14-4)114(136-104)102-66-64-100(134-102)112-86(56-48-42-36-30-22-12-2)72-94(132-112)76-108-118(128)126(68-52-46-40-34-26-16-6)120(140-108)90(81-123)82-124/h59-66,71-78,83-84H,11-58,67-70H2,1-10H3/b107-75-,108-76-. The topological polar surface area (TPSA) is 139 Å². The van der Waals surface area contributed by atoms with E-state index >= 15 is 0 Å². The lowest BCUT2D eigenvalue weighted by Crippen LogP contribution is -2.32. The molecular formula is C120H152N6O2S12. The second-order valence-electron chi connectivity index (χ2n) is 39.0. The number of thiazole rings is 2. The second kappa shape index (κ2) is 58.4. The molecule has 0 aliphatic rings. The molecule has 2 unspecified atom stereocenters. The molecule has 0 amide bonds. The molecule has 12 aromatic heterocycles. The van der Waals surface area contributed by atoms with Gasteiger partial charge in [0.1, 0.15) is 33.6 Å². The van der Waals surface area contributed by atoms with Crippen molar-refractivity contribution in [3.8, 4) is 104 Å². The van der Waals surface area contributed by atoms with Gasteiger partial charge in [0, 0.05) is 132 Å². The molecule has 0 radical (unpaired) electrons. The molecule has 13 rings (SSSR count). The van der Waals surface area contributed by atoms with Crippen molar-refractivity contribution in [2.45, 2.75) is 403 Å². The highest BCUT2D eigenvalue weighted by molar-refractivity contribution is 7.32. The Balaban J connectivity index is 0.956. The van der Waals surface area contributed by atoms with E-state index in [4.69, 9.17) is 0 Å². The van der Waals surface area contributed by atoms with Crippen LogP contribution in [0.3, 0.4) is 0 Å². The minimum Gasteiger partial charge on any atom is -0.297 e. The van der Waals surface area contributed by atoms with Gasteiger partial charge in [0.05, 0.1) is 9.06 Å². The van der Waals surface area contributed by atoms with E-state index in [1.54, 1.807) is 31.8 Å². The van der Waals surface area contributed by atoms with E-state index in [0.29, 0.717) is 43.3 Å². The summed E-state index contributed by atoms with van der Waals surface area (Å²) in [6.07, 6.45) is 62.5. The zero-order valence-electron chi connectivity index (χ0n) is 85.6. The summed E-state index contributed by atoms with van der Waals surface area (Å²) in [6, 6.07) is 43.4. The van der Waals surface area contributed by atoms with Gasteiger partial charge in [-0.05, 0) is 208 Å². The predicted octanol–water partition coefficient (Wildman–Crippen LogP) is 38.3. The van der Waals surface area contributed by atoms with Gasteiger partial charge in [0.15, 0.2) is 11.1 Å². The summed E-state index contributed by atoms with van der Waals surface area (Å²) in [5.41, 5.74) is 8.15. The van der Waals surface area contributed by atoms with E-state index in [1.807, 2.05) is 68.0 Å². The van der Waals surface area contributed by atoms with Gasteiger partial charge in [-0.15, -0.1) is 136 Å². The summed E-state index contributed by atoms with van der Waals surface area (Å²) in [6.45, 7) is 24.2. The van der Waals surface area contributed by atoms with Gasteiger partial charge in [-0.3, -0.25) is 18.7 Å². The number of hydrogen-bond donors (Lipinski definition) is 0. The number of fused-ring (bicyclic) bond motifs is 2. The number of rotatable bonds is 64. The van der Waals surface area contributed by atoms with Gasteiger partial charge in [-0.1, -0.05) is 313 Å². The molecule has 8 nitrogen and oxygen atoms in total. The van der Waals surface area contributed by atoms with E-state index < -0.39 is 0 Å². The fourth-order valence-corrected chi connectivity index (χ4v) is 34.6. The third-order valence-corrected chi connectivity index (χ3v) is 42.8. The van der Waals surface area contributed by atoms with Crippen LogP contribution in [0, 0.1) is 57.2 Å². The van der Waals surface area contributed by atoms with Crippen molar-refractivity contribution in [1.82, 2.24) is 9.13 Å². The molecule has 12 heterocycles. The van der Waals surface area contributed by atoms with Crippen LogP contribution in [0.15, 0.2) is 94.5 Å². The minimum atomic E-state index is -0.109. The van der Waals surface area contributed by atoms with Gasteiger partial charge >= 0.3 is 0 Å². The number of nitriles is 4. The number of nitrogens with zero attached hydrogens (tertiary/aromatic N) is 6. The lowest BCUT2D eigenvalue weighted by molar-refractivity contribution is 0.452. The van der Waals surface area contributed by atoms with E-state index in [1.165, 1.54) is 373 Å². The normalized spacial score (nSPS) is 12.5. The van der Waals surface area contributed by atoms with Crippen LogP contribution in [0.4, 0.5) is 0 Å². The smallest absolute Gasteiger partial charge is 0.269 e. The summed E-state index contributed by atoms with van der Waals surface area (Å²) >= 11 is 22.3. The average molecular weight is 2100 g/mol. The third kappa shape index (κ3) is 29.7. The van der Waals surface area contributed by atoms with E-state index in [9.17, 15) is 30.6 Å². The average Bonchev–Trinajstić information content (AvgIpc) is 1.55. The number of hydrogen-bond acceptors (Lipinski definition) is 18. The van der Waals surface area contributed by atoms with Crippen molar-refractivity contribution >= 4 is 180 Å². The van der Waals surface area contributed by atoms with Gasteiger partial charge in [0.2, 0.25) is 0 Å². The zero-order valence-corrected chi connectivity index (χ0v) is 95.4.